The number of nitrogens with zero attached hydrogens (tertiary/aromatic N) is 1. The number of carbonyl (C=O) groups excluding carboxylic acids is 2. The number of rotatable bonds is 5. The first kappa shape index (κ1) is 22.2. The molecule has 160 valence electrons. The zero-order valence-corrected chi connectivity index (χ0v) is 18.3. The van der Waals surface area contributed by atoms with Crippen molar-refractivity contribution in [2.24, 2.45) is 0 Å². The minimum atomic E-state index is -3.69. The quantitative estimate of drug-likeness (QED) is 0.669. The Morgan fingerprint density at radius 1 is 1.23 bits per heavy atom. The van der Waals surface area contributed by atoms with Gasteiger partial charge in [0.25, 0.3) is 5.91 Å². The van der Waals surface area contributed by atoms with Gasteiger partial charge in [0.05, 0.1) is 41.4 Å². The SMILES string of the molecule is CCOC(=O)c1ccc(NC(=O)[C@H]2CN(S(C)(=O)=O)c3cc(Cl)ccc3O2)c(Cl)c1. The maximum atomic E-state index is 12.8. The number of halogens is 2. The van der Waals surface area contributed by atoms with E-state index < -0.39 is 28.0 Å². The minimum absolute atomic E-state index is 0.122. The van der Waals surface area contributed by atoms with E-state index in [9.17, 15) is 18.0 Å². The predicted octanol–water partition coefficient (Wildman–Crippen LogP) is 3.34. The fourth-order valence-electron chi connectivity index (χ4n) is 2.85. The Morgan fingerprint density at radius 3 is 2.60 bits per heavy atom. The van der Waals surface area contributed by atoms with Gasteiger partial charge in [0, 0.05) is 5.02 Å². The molecule has 0 aliphatic carbocycles. The first-order chi connectivity index (χ1) is 14.1. The molecular formula is C19H18Cl2N2O6S. The number of nitrogens with one attached hydrogen (secondary N) is 1. The highest BCUT2D eigenvalue weighted by molar-refractivity contribution is 7.92. The number of amides is 1. The molecule has 1 atom stereocenters. The van der Waals surface area contributed by atoms with Crippen molar-refractivity contribution in [1.29, 1.82) is 0 Å². The average Bonchev–Trinajstić information content (AvgIpc) is 2.68. The standard InChI is InChI=1S/C19H18Cl2N2O6S/c1-3-28-19(25)11-4-6-14(13(21)8-11)22-18(24)17-10-23(30(2,26)27)15-9-12(20)5-7-16(15)29-17/h4-9,17H,3,10H2,1-2H3,(H,22,24)/t17-/m1/s1. The van der Waals surface area contributed by atoms with Crippen LogP contribution in [0.2, 0.25) is 10.0 Å². The Balaban J connectivity index is 1.82. The van der Waals surface area contributed by atoms with Gasteiger partial charge in [0.1, 0.15) is 5.75 Å². The van der Waals surface area contributed by atoms with Crippen molar-refractivity contribution in [3.8, 4) is 5.75 Å². The first-order valence-corrected chi connectivity index (χ1v) is 11.4. The van der Waals surface area contributed by atoms with E-state index in [0.717, 1.165) is 10.6 Å². The molecule has 3 rings (SSSR count). The van der Waals surface area contributed by atoms with Gasteiger partial charge in [-0.2, -0.15) is 0 Å². The zero-order valence-electron chi connectivity index (χ0n) is 16.0. The van der Waals surface area contributed by atoms with Crippen LogP contribution in [0.25, 0.3) is 0 Å². The van der Waals surface area contributed by atoms with E-state index in [1.165, 1.54) is 36.4 Å². The minimum Gasteiger partial charge on any atom is -0.476 e. The second-order valence-corrected chi connectivity index (χ2v) is 9.17. The Kier molecular flexibility index (Phi) is 6.44. The van der Waals surface area contributed by atoms with E-state index >= 15 is 0 Å². The third kappa shape index (κ3) is 4.80. The number of hydrogen-bond acceptors (Lipinski definition) is 6. The maximum Gasteiger partial charge on any atom is 0.338 e. The van der Waals surface area contributed by atoms with Crippen molar-refractivity contribution in [1.82, 2.24) is 0 Å². The van der Waals surface area contributed by atoms with Crippen LogP contribution in [-0.4, -0.2) is 45.8 Å². The van der Waals surface area contributed by atoms with Gasteiger partial charge in [-0.25, -0.2) is 13.2 Å². The summed E-state index contributed by atoms with van der Waals surface area (Å²) in [6, 6.07) is 8.77. The highest BCUT2D eigenvalue weighted by atomic mass is 35.5. The van der Waals surface area contributed by atoms with Gasteiger partial charge >= 0.3 is 5.97 Å². The number of hydrogen-bond donors (Lipinski definition) is 1. The van der Waals surface area contributed by atoms with Gasteiger partial charge in [-0.1, -0.05) is 23.2 Å². The summed E-state index contributed by atoms with van der Waals surface area (Å²) in [5.74, 6) is -0.929. The van der Waals surface area contributed by atoms with Crippen LogP contribution in [0, 0.1) is 0 Å². The predicted molar refractivity (Wildman–Crippen MR) is 114 cm³/mol. The average molecular weight is 473 g/mol. The summed E-state index contributed by atoms with van der Waals surface area (Å²) in [6.45, 7) is 1.66. The molecule has 1 N–H and O–H groups in total. The molecule has 8 nitrogen and oxygen atoms in total. The van der Waals surface area contributed by atoms with Crippen LogP contribution in [-0.2, 0) is 19.6 Å². The van der Waals surface area contributed by atoms with Crippen molar-refractivity contribution in [3.05, 3.63) is 52.0 Å². The van der Waals surface area contributed by atoms with Crippen LogP contribution in [0.1, 0.15) is 17.3 Å². The lowest BCUT2D eigenvalue weighted by molar-refractivity contribution is -0.122. The monoisotopic (exact) mass is 472 g/mol. The van der Waals surface area contributed by atoms with E-state index in [0.29, 0.717) is 5.02 Å². The molecule has 1 aliphatic heterocycles. The van der Waals surface area contributed by atoms with Crippen molar-refractivity contribution in [2.45, 2.75) is 13.0 Å². The smallest absolute Gasteiger partial charge is 0.338 e. The second kappa shape index (κ2) is 8.71. The van der Waals surface area contributed by atoms with E-state index in [-0.39, 0.29) is 40.9 Å². The molecule has 0 unspecified atom stereocenters. The fraction of sp³-hybridized carbons (Fsp3) is 0.263. The van der Waals surface area contributed by atoms with Gasteiger partial charge in [-0.3, -0.25) is 9.10 Å². The molecule has 0 aromatic heterocycles. The highest BCUT2D eigenvalue weighted by Gasteiger charge is 2.35. The number of fused-ring (bicyclic) bond motifs is 1. The van der Waals surface area contributed by atoms with Crippen molar-refractivity contribution >= 4 is 56.5 Å². The van der Waals surface area contributed by atoms with Crippen LogP contribution in [0.4, 0.5) is 11.4 Å². The molecule has 1 heterocycles. The summed E-state index contributed by atoms with van der Waals surface area (Å²) in [4.78, 5) is 24.5. The number of ether oxygens (including phenoxy) is 2. The first-order valence-electron chi connectivity index (χ1n) is 8.81. The summed E-state index contributed by atoms with van der Waals surface area (Å²) in [7, 11) is -3.69. The van der Waals surface area contributed by atoms with Crippen LogP contribution in [0.15, 0.2) is 36.4 Å². The molecule has 0 bridgehead atoms. The number of esters is 1. The van der Waals surface area contributed by atoms with Crippen LogP contribution < -0.4 is 14.4 Å². The molecule has 0 spiro atoms. The van der Waals surface area contributed by atoms with E-state index in [1.54, 1.807) is 6.92 Å². The topological polar surface area (TPSA) is 102 Å². The molecule has 0 radical (unpaired) electrons. The van der Waals surface area contributed by atoms with Crippen molar-refractivity contribution < 1.29 is 27.5 Å². The van der Waals surface area contributed by atoms with Crippen molar-refractivity contribution in [2.75, 3.05) is 29.0 Å². The molecule has 0 saturated carbocycles. The zero-order chi connectivity index (χ0) is 22.1. The third-order valence-electron chi connectivity index (χ3n) is 4.22. The lowest BCUT2D eigenvalue weighted by atomic mass is 10.2. The second-order valence-electron chi connectivity index (χ2n) is 6.42. The summed E-state index contributed by atoms with van der Waals surface area (Å²) in [5.41, 5.74) is 0.736. The molecule has 2 aromatic rings. The molecule has 11 heteroatoms. The van der Waals surface area contributed by atoms with Crippen molar-refractivity contribution in [3.63, 3.8) is 0 Å². The van der Waals surface area contributed by atoms with Crippen LogP contribution >= 0.6 is 23.2 Å². The largest absolute Gasteiger partial charge is 0.476 e. The molecule has 1 amide bonds. The molecule has 1 aliphatic rings. The molecule has 0 fully saturated rings. The van der Waals surface area contributed by atoms with E-state index in [1.807, 2.05) is 0 Å². The Hall–Kier alpha value is -2.49. The Morgan fingerprint density at radius 2 is 1.97 bits per heavy atom. The summed E-state index contributed by atoms with van der Waals surface area (Å²) in [6.07, 6.45) is -0.0997. The van der Waals surface area contributed by atoms with Gasteiger partial charge in [0.15, 0.2) is 6.10 Å². The van der Waals surface area contributed by atoms with E-state index in [2.05, 4.69) is 5.32 Å². The van der Waals surface area contributed by atoms with Gasteiger partial charge in [-0.15, -0.1) is 0 Å². The lowest BCUT2D eigenvalue weighted by Gasteiger charge is -2.34. The lowest BCUT2D eigenvalue weighted by Crippen LogP contribution is -2.48. The molecular weight excluding hydrogens is 455 g/mol. The molecule has 0 saturated heterocycles. The van der Waals surface area contributed by atoms with Gasteiger partial charge in [0.2, 0.25) is 10.0 Å². The maximum absolute atomic E-state index is 12.8. The normalized spacial score (nSPS) is 15.7. The summed E-state index contributed by atoms with van der Waals surface area (Å²) < 4.78 is 36.1. The number of sulfonamides is 1. The Labute approximate surface area is 183 Å². The molecule has 2 aromatic carbocycles. The number of anilines is 2. The summed E-state index contributed by atoms with van der Waals surface area (Å²) >= 11 is 12.1. The van der Waals surface area contributed by atoms with Crippen LogP contribution in [0.5, 0.6) is 5.75 Å². The third-order valence-corrected chi connectivity index (χ3v) is 5.92. The summed E-state index contributed by atoms with van der Waals surface area (Å²) in [5, 5.41) is 3.05. The number of benzene rings is 2. The van der Waals surface area contributed by atoms with Gasteiger partial charge < -0.3 is 14.8 Å². The highest BCUT2D eigenvalue weighted by Crippen LogP contribution is 2.37. The van der Waals surface area contributed by atoms with E-state index in [4.69, 9.17) is 32.7 Å². The fourth-order valence-corrected chi connectivity index (χ4v) is 4.15. The number of carbonyl (C=O) groups is 2. The van der Waals surface area contributed by atoms with Gasteiger partial charge in [-0.05, 0) is 43.3 Å². The Bertz CT molecular complexity index is 1110. The molecule has 30 heavy (non-hydrogen) atoms. The van der Waals surface area contributed by atoms with Crippen LogP contribution in [0.3, 0.4) is 0 Å².